The van der Waals surface area contributed by atoms with Crippen LogP contribution in [-0.2, 0) is 6.42 Å². The van der Waals surface area contributed by atoms with Crippen LogP contribution in [0.5, 0.6) is 0 Å². The molecule has 0 saturated heterocycles. The van der Waals surface area contributed by atoms with Crippen LogP contribution < -0.4 is 5.32 Å². The number of likely N-dealkylation sites (N-methyl/N-ethyl adjacent to an activating group) is 1. The fourth-order valence-corrected chi connectivity index (χ4v) is 2.22. The lowest BCUT2D eigenvalue weighted by atomic mass is 10.1. The minimum absolute atomic E-state index is 0.987. The number of nitrogens with zero attached hydrogens (tertiary/aromatic N) is 2. The molecule has 0 bridgehead atoms. The Kier molecular flexibility index (Phi) is 3.82. The summed E-state index contributed by atoms with van der Waals surface area (Å²) in [4.78, 5) is 0. The third-order valence-corrected chi connectivity index (χ3v) is 3.34. The SMILES string of the molecule is CNCCc1c(C)nn(-c2ccc(C)cc2)c1C. The quantitative estimate of drug-likeness (QED) is 0.894. The van der Waals surface area contributed by atoms with Gasteiger partial charge in [0, 0.05) is 5.69 Å². The maximum absolute atomic E-state index is 4.65. The molecule has 2 aromatic rings. The summed E-state index contributed by atoms with van der Waals surface area (Å²) in [5.41, 5.74) is 6.13. The van der Waals surface area contributed by atoms with Gasteiger partial charge in [0.15, 0.2) is 0 Å². The molecule has 1 aromatic heterocycles. The Hall–Kier alpha value is -1.61. The second kappa shape index (κ2) is 5.36. The number of benzene rings is 1. The van der Waals surface area contributed by atoms with Crippen LogP contribution in [0, 0.1) is 20.8 Å². The summed E-state index contributed by atoms with van der Waals surface area (Å²) in [5.74, 6) is 0. The Morgan fingerprint density at radius 2 is 1.78 bits per heavy atom. The molecule has 0 aliphatic rings. The molecule has 1 heterocycles. The van der Waals surface area contributed by atoms with Crippen molar-refractivity contribution in [1.82, 2.24) is 15.1 Å². The molecule has 1 aromatic carbocycles. The number of nitrogens with one attached hydrogen (secondary N) is 1. The van der Waals surface area contributed by atoms with Gasteiger partial charge in [0.2, 0.25) is 0 Å². The van der Waals surface area contributed by atoms with Crippen molar-refractivity contribution in [3.05, 3.63) is 46.8 Å². The summed E-state index contributed by atoms with van der Waals surface area (Å²) < 4.78 is 2.04. The highest BCUT2D eigenvalue weighted by Crippen LogP contribution is 2.18. The third kappa shape index (κ3) is 2.46. The first-order chi connectivity index (χ1) is 8.63. The maximum atomic E-state index is 4.65. The molecule has 0 aliphatic carbocycles. The van der Waals surface area contributed by atoms with E-state index in [9.17, 15) is 0 Å². The van der Waals surface area contributed by atoms with E-state index in [1.165, 1.54) is 16.8 Å². The smallest absolute Gasteiger partial charge is 0.0649 e. The molecule has 18 heavy (non-hydrogen) atoms. The second-order valence-corrected chi connectivity index (χ2v) is 4.75. The van der Waals surface area contributed by atoms with Crippen LogP contribution in [0.2, 0.25) is 0 Å². The number of hydrogen-bond donors (Lipinski definition) is 1. The number of rotatable bonds is 4. The van der Waals surface area contributed by atoms with Crippen molar-refractivity contribution in [3.8, 4) is 5.69 Å². The third-order valence-electron chi connectivity index (χ3n) is 3.34. The zero-order chi connectivity index (χ0) is 13.1. The molecule has 1 N–H and O–H groups in total. The molecule has 3 heteroatoms. The first kappa shape index (κ1) is 12.8. The summed E-state index contributed by atoms with van der Waals surface area (Å²) in [5, 5.41) is 7.84. The average molecular weight is 243 g/mol. The van der Waals surface area contributed by atoms with Gasteiger partial charge in [-0.1, -0.05) is 17.7 Å². The van der Waals surface area contributed by atoms with Crippen LogP contribution in [0.4, 0.5) is 0 Å². The van der Waals surface area contributed by atoms with E-state index in [0.29, 0.717) is 0 Å². The molecule has 0 aliphatic heterocycles. The number of hydrogen-bond acceptors (Lipinski definition) is 2. The first-order valence-electron chi connectivity index (χ1n) is 6.40. The molecule has 3 nitrogen and oxygen atoms in total. The summed E-state index contributed by atoms with van der Waals surface area (Å²) in [6, 6.07) is 8.49. The van der Waals surface area contributed by atoms with Crippen LogP contribution in [0.25, 0.3) is 5.69 Å². The van der Waals surface area contributed by atoms with E-state index >= 15 is 0 Å². The summed E-state index contributed by atoms with van der Waals surface area (Å²) in [6.45, 7) is 7.32. The maximum Gasteiger partial charge on any atom is 0.0649 e. The highest BCUT2D eigenvalue weighted by atomic mass is 15.3. The van der Waals surface area contributed by atoms with Crippen molar-refractivity contribution in [2.45, 2.75) is 27.2 Å². The van der Waals surface area contributed by atoms with E-state index < -0.39 is 0 Å². The molecule has 96 valence electrons. The van der Waals surface area contributed by atoms with Gasteiger partial charge in [-0.15, -0.1) is 0 Å². The molecule has 0 amide bonds. The average Bonchev–Trinajstić information content (AvgIpc) is 2.64. The lowest BCUT2D eigenvalue weighted by molar-refractivity contribution is 0.783. The van der Waals surface area contributed by atoms with Crippen LogP contribution in [0.3, 0.4) is 0 Å². The lowest BCUT2D eigenvalue weighted by Gasteiger charge is -2.06. The predicted molar refractivity (Wildman–Crippen MR) is 75.4 cm³/mol. The molecular formula is C15H21N3. The highest BCUT2D eigenvalue weighted by Gasteiger charge is 2.11. The van der Waals surface area contributed by atoms with Crippen LogP contribution in [0.1, 0.15) is 22.5 Å². The van der Waals surface area contributed by atoms with Gasteiger partial charge in [0.25, 0.3) is 0 Å². The lowest BCUT2D eigenvalue weighted by Crippen LogP contribution is -2.11. The van der Waals surface area contributed by atoms with Crippen molar-refractivity contribution in [3.63, 3.8) is 0 Å². The van der Waals surface area contributed by atoms with Crippen molar-refractivity contribution in [1.29, 1.82) is 0 Å². The zero-order valence-corrected chi connectivity index (χ0v) is 11.6. The number of aryl methyl sites for hydroxylation is 2. The van der Waals surface area contributed by atoms with Crippen LogP contribution in [0.15, 0.2) is 24.3 Å². The molecule has 0 fully saturated rings. The molecule has 0 saturated carbocycles. The second-order valence-electron chi connectivity index (χ2n) is 4.75. The van der Waals surface area contributed by atoms with Gasteiger partial charge >= 0.3 is 0 Å². The molecule has 0 unspecified atom stereocenters. The van der Waals surface area contributed by atoms with E-state index in [1.807, 2.05) is 11.7 Å². The molecule has 0 radical (unpaired) electrons. The van der Waals surface area contributed by atoms with Crippen LogP contribution in [-0.4, -0.2) is 23.4 Å². The fourth-order valence-electron chi connectivity index (χ4n) is 2.22. The molecule has 0 spiro atoms. The summed E-state index contributed by atoms with van der Waals surface area (Å²) in [7, 11) is 1.98. The standard InChI is InChI=1S/C15H21N3/c1-11-5-7-14(8-6-11)18-13(3)15(9-10-16-4)12(2)17-18/h5-8,16H,9-10H2,1-4H3. The van der Waals surface area contributed by atoms with E-state index in [4.69, 9.17) is 0 Å². The van der Waals surface area contributed by atoms with E-state index in [1.54, 1.807) is 0 Å². The largest absolute Gasteiger partial charge is 0.319 e. The van der Waals surface area contributed by atoms with Gasteiger partial charge in [0.05, 0.1) is 11.4 Å². The van der Waals surface area contributed by atoms with Crippen molar-refractivity contribution >= 4 is 0 Å². The van der Waals surface area contributed by atoms with Gasteiger partial charge in [-0.3, -0.25) is 0 Å². The monoisotopic (exact) mass is 243 g/mol. The van der Waals surface area contributed by atoms with E-state index in [2.05, 4.69) is 55.5 Å². The van der Waals surface area contributed by atoms with Gasteiger partial charge in [-0.25, -0.2) is 4.68 Å². The van der Waals surface area contributed by atoms with Gasteiger partial charge in [-0.2, -0.15) is 5.10 Å². The van der Waals surface area contributed by atoms with Crippen molar-refractivity contribution in [2.75, 3.05) is 13.6 Å². The Morgan fingerprint density at radius 1 is 1.11 bits per heavy atom. The van der Waals surface area contributed by atoms with Gasteiger partial charge in [0.1, 0.15) is 0 Å². The highest BCUT2D eigenvalue weighted by molar-refractivity contribution is 5.38. The minimum atomic E-state index is 0.987. The fraction of sp³-hybridized carbons (Fsp3) is 0.400. The zero-order valence-electron chi connectivity index (χ0n) is 11.6. The Labute approximate surface area is 109 Å². The van der Waals surface area contributed by atoms with Gasteiger partial charge < -0.3 is 5.32 Å². The summed E-state index contributed by atoms with van der Waals surface area (Å²) >= 11 is 0. The Bertz CT molecular complexity index is 523. The topological polar surface area (TPSA) is 29.9 Å². The summed E-state index contributed by atoms with van der Waals surface area (Å²) in [6.07, 6.45) is 1.03. The van der Waals surface area contributed by atoms with Crippen LogP contribution >= 0.6 is 0 Å². The van der Waals surface area contributed by atoms with E-state index in [-0.39, 0.29) is 0 Å². The van der Waals surface area contributed by atoms with Gasteiger partial charge in [-0.05, 0) is 58.5 Å². The Morgan fingerprint density at radius 3 is 2.39 bits per heavy atom. The minimum Gasteiger partial charge on any atom is -0.319 e. The molecular weight excluding hydrogens is 222 g/mol. The predicted octanol–water partition coefficient (Wildman–Crippen LogP) is 2.56. The first-order valence-corrected chi connectivity index (χ1v) is 6.40. The normalized spacial score (nSPS) is 10.9. The van der Waals surface area contributed by atoms with Crippen molar-refractivity contribution < 1.29 is 0 Å². The van der Waals surface area contributed by atoms with Crippen molar-refractivity contribution in [2.24, 2.45) is 0 Å². The number of aromatic nitrogens is 2. The molecule has 0 atom stereocenters. The molecule has 2 rings (SSSR count). The van der Waals surface area contributed by atoms with E-state index in [0.717, 1.165) is 24.3 Å². The Balaban J connectivity index is 2.37.